The van der Waals surface area contributed by atoms with Crippen LogP contribution in [-0.2, 0) is 6.42 Å². The number of rotatable bonds is 5. The third kappa shape index (κ3) is 3.72. The molecule has 1 atom stereocenters. The molecule has 1 N–H and O–H groups in total. The molecule has 0 spiro atoms. The fraction of sp³-hybridized carbons (Fsp3) is 0.400. The fourth-order valence-electron chi connectivity index (χ4n) is 1.35. The van der Waals surface area contributed by atoms with Gasteiger partial charge in [-0.3, -0.25) is 10.1 Å². The highest BCUT2D eigenvalue weighted by atomic mass is 35.5. The highest BCUT2D eigenvalue weighted by Crippen LogP contribution is 2.31. The molecule has 0 aromatic carbocycles. The van der Waals surface area contributed by atoms with Gasteiger partial charge in [-0.05, 0) is 20.0 Å². The van der Waals surface area contributed by atoms with E-state index in [0.29, 0.717) is 23.0 Å². The van der Waals surface area contributed by atoms with Gasteiger partial charge in [0.1, 0.15) is 0 Å². The Morgan fingerprint density at radius 1 is 1.58 bits per heavy atom. The molecule has 2 heterocycles. The summed E-state index contributed by atoms with van der Waals surface area (Å²) in [5.41, 5.74) is 0. The van der Waals surface area contributed by atoms with E-state index in [-0.39, 0.29) is 23.4 Å². The van der Waals surface area contributed by atoms with E-state index in [4.69, 9.17) is 4.52 Å². The number of likely N-dealkylation sites (N-methyl/N-ethyl adjacent to an activating group) is 1. The molecule has 19 heavy (non-hydrogen) atoms. The molecular formula is C10H13ClN4O3S. The lowest BCUT2D eigenvalue weighted by Gasteiger charge is -2.04. The van der Waals surface area contributed by atoms with Gasteiger partial charge in [-0.2, -0.15) is 4.98 Å². The Morgan fingerprint density at radius 2 is 2.32 bits per heavy atom. The summed E-state index contributed by atoms with van der Waals surface area (Å²) < 4.78 is 5.09. The Hall–Kier alpha value is -1.51. The number of thiophene rings is 1. The molecule has 104 valence electrons. The Kier molecular flexibility index (Phi) is 5.40. The first-order valence-corrected chi connectivity index (χ1v) is 6.16. The number of nitro groups is 1. The summed E-state index contributed by atoms with van der Waals surface area (Å²) in [5.74, 6) is 0.911. The van der Waals surface area contributed by atoms with Crippen molar-refractivity contribution >= 4 is 28.7 Å². The zero-order valence-electron chi connectivity index (χ0n) is 10.3. The summed E-state index contributed by atoms with van der Waals surface area (Å²) in [6.07, 6.45) is 0.646. The molecule has 2 aromatic heterocycles. The fourth-order valence-corrected chi connectivity index (χ4v) is 2.10. The normalized spacial score (nSPS) is 11.9. The van der Waals surface area contributed by atoms with Crippen LogP contribution in [0.4, 0.5) is 5.00 Å². The van der Waals surface area contributed by atoms with Gasteiger partial charge in [0.05, 0.1) is 9.80 Å². The summed E-state index contributed by atoms with van der Waals surface area (Å²) in [6, 6.07) is 3.29. The van der Waals surface area contributed by atoms with E-state index >= 15 is 0 Å². The number of nitrogens with zero attached hydrogens (tertiary/aromatic N) is 3. The molecule has 9 heteroatoms. The Bertz CT molecular complexity index is 556. The number of hydrogen-bond acceptors (Lipinski definition) is 7. The topological polar surface area (TPSA) is 94.1 Å². The average Bonchev–Trinajstić information content (AvgIpc) is 2.96. The highest BCUT2D eigenvalue weighted by molar-refractivity contribution is 7.18. The summed E-state index contributed by atoms with van der Waals surface area (Å²) in [7, 11) is 1.86. The van der Waals surface area contributed by atoms with E-state index in [1.54, 1.807) is 6.07 Å². The lowest BCUT2D eigenvalue weighted by atomic mass is 10.2. The third-order valence-electron chi connectivity index (χ3n) is 2.43. The molecule has 0 aliphatic carbocycles. The maximum atomic E-state index is 10.6. The molecule has 0 fully saturated rings. The van der Waals surface area contributed by atoms with Crippen LogP contribution in [0.5, 0.6) is 0 Å². The SMILES string of the molecule is CNC(C)Cc1noc(-c2ccc([N+](=O)[O-])s2)n1.Cl. The molecule has 0 saturated heterocycles. The number of halogens is 1. The number of hydrogen-bond donors (Lipinski definition) is 1. The predicted octanol–water partition coefficient (Wildman–Crippen LogP) is 2.28. The zero-order valence-corrected chi connectivity index (χ0v) is 12.0. The van der Waals surface area contributed by atoms with Gasteiger partial charge in [-0.15, -0.1) is 12.4 Å². The molecule has 1 unspecified atom stereocenters. The molecule has 2 rings (SSSR count). The van der Waals surface area contributed by atoms with Crippen molar-refractivity contribution < 1.29 is 9.45 Å². The zero-order chi connectivity index (χ0) is 13.1. The van der Waals surface area contributed by atoms with Gasteiger partial charge in [0.2, 0.25) is 0 Å². The van der Waals surface area contributed by atoms with Crippen molar-refractivity contribution in [3.63, 3.8) is 0 Å². The van der Waals surface area contributed by atoms with Gasteiger partial charge in [-0.1, -0.05) is 16.5 Å². The van der Waals surface area contributed by atoms with Crippen molar-refractivity contribution in [2.75, 3.05) is 7.05 Å². The monoisotopic (exact) mass is 304 g/mol. The Morgan fingerprint density at radius 3 is 2.89 bits per heavy atom. The summed E-state index contributed by atoms with van der Waals surface area (Å²) in [5, 5.41) is 17.6. The van der Waals surface area contributed by atoms with Crippen LogP contribution in [0.15, 0.2) is 16.7 Å². The first-order valence-electron chi connectivity index (χ1n) is 5.34. The van der Waals surface area contributed by atoms with Gasteiger partial charge >= 0.3 is 5.00 Å². The van der Waals surface area contributed by atoms with Crippen molar-refractivity contribution in [1.29, 1.82) is 0 Å². The minimum absolute atomic E-state index is 0. The van der Waals surface area contributed by atoms with Crippen LogP contribution in [0.2, 0.25) is 0 Å². The van der Waals surface area contributed by atoms with Crippen LogP contribution in [0.1, 0.15) is 12.7 Å². The third-order valence-corrected chi connectivity index (χ3v) is 3.46. The molecule has 0 aliphatic rings. The smallest absolute Gasteiger partial charge is 0.324 e. The highest BCUT2D eigenvalue weighted by Gasteiger charge is 2.16. The first-order chi connectivity index (χ1) is 8.60. The number of nitrogens with one attached hydrogen (secondary N) is 1. The molecule has 2 aromatic rings. The molecular weight excluding hydrogens is 292 g/mol. The lowest BCUT2D eigenvalue weighted by molar-refractivity contribution is -0.380. The van der Waals surface area contributed by atoms with Crippen LogP contribution in [0.25, 0.3) is 10.8 Å². The second-order valence-electron chi connectivity index (χ2n) is 3.80. The Labute approximate surface area is 119 Å². The van der Waals surface area contributed by atoms with Gasteiger partial charge in [0.25, 0.3) is 5.89 Å². The van der Waals surface area contributed by atoms with E-state index in [1.165, 1.54) is 6.07 Å². The van der Waals surface area contributed by atoms with Crippen molar-refractivity contribution in [3.8, 4) is 10.8 Å². The largest absolute Gasteiger partial charge is 0.333 e. The molecule has 0 aliphatic heterocycles. The first kappa shape index (κ1) is 15.5. The van der Waals surface area contributed by atoms with E-state index < -0.39 is 4.92 Å². The van der Waals surface area contributed by atoms with Crippen molar-refractivity contribution in [3.05, 3.63) is 28.1 Å². The summed E-state index contributed by atoms with van der Waals surface area (Å²) >= 11 is 1.02. The minimum atomic E-state index is -0.436. The number of aromatic nitrogens is 2. The van der Waals surface area contributed by atoms with Gasteiger partial charge in [-0.25, -0.2) is 0 Å². The van der Waals surface area contributed by atoms with Crippen LogP contribution in [0.3, 0.4) is 0 Å². The van der Waals surface area contributed by atoms with E-state index in [1.807, 2.05) is 14.0 Å². The van der Waals surface area contributed by atoms with Gasteiger partial charge < -0.3 is 9.84 Å². The van der Waals surface area contributed by atoms with E-state index in [2.05, 4.69) is 15.5 Å². The maximum absolute atomic E-state index is 10.6. The average molecular weight is 305 g/mol. The van der Waals surface area contributed by atoms with Crippen molar-refractivity contribution in [1.82, 2.24) is 15.5 Å². The maximum Gasteiger partial charge on any atom is 0.324 e. The van der Waals surface area contributed by atoms with Crippen LogP contribution in [-0.4, -0.2) is 28.2 Å². The Balaban J connectivity index is 0.00000180. The lowest BCUT2D eigenvalue weighted by Crippen LogP contribution is -2.24. The molecule has 0 radical (unpaired) electrons. The van der Waals surface area contributed by atoms with Crippen LogP contribution >= 0.6 is 23.7 Å². The van der Waals surface area contributed by atoms with Crippen molar-refractivity contribution in [2.45, 2.75) is 19.4 Å². The predicted molar refractivity (Wildman–Crippen MR) is 73.7 cm³/mol. The summed E-state index contributed by atoms with van der Waals surface area (Å²) in [4.78, 5) is 15.0. The van der Waals surface area contributed by atoms with E-state index in [0.717, 1.165) is 11.3 Å². The molecule has 0 amide bonds. The second kappa shape index (κ2) is 6.60. The van der Waals surface area contributed by atoms with Crippen molar-refractivity contribution in [2.24, 2.45) is 0 Å². The molecule has 0 bridgehead atoms. The van der Waals surface area contributed by atoms with Crippen LogP contribution < -0.4 is 5.32 Å². The molecule has 0 saturated carbocycles. The molecule has 7 nitrogen and oxygen atoms in total. The second-order valence-corrected chi connectivity index (χ2v) is 4.87. The standard InChI is InChI=1S/C10H12N4O3S.ClH/c1-6(11-2)5-8-12-10(17-13-8)7-3-4-9(18-7)14(15)16;/h3-4,6,11H,5H2,1-2H3;1H. The minimum Gasteiger partial charge on any atom is -0.333 e. The van der Waals surface area contributed by atoms with Gasteiger partial charge in [0, 0.05) is 18.5 Å². The summed E-state index contributed by atoms with van der Waals surface area (Å²) in [6.45, 7) is 2.01. The van der Waals surface area contributed by atoms with E-state index in [9.17, 15) is 10.1 Å². The van der Waals surface area contributed by atoms with Gasteiger partial charge in [0.15, 0.2) is 5.82 Å². The van der Waals surface area contributed by atoms with Crippen LogP contribution in [0, 0.1) is 10.1 Å². The quantitative estimate of drug-likeness (QED) is 0.672.